The zero-order valence-corrected chi connectivity index (χ0v) is 11.3. The first kappa shape index (κ1) is 12.2. The SMILES string of the molecule is Cc1ccc(NC2CCCc3c2cnn3C)c(F)c1. The molecule has 100 valence electrons. The first-order valence-electron chi connectivity index (χ1n) is 6.68. The van der Waals surface area contributed by atoms with Crippen LogP contribution < -0.4 is 5.32 Å². The second-order valence-corrected chi connectivity index (χ2v) is 5.24. The van der Waals surface area contributed by atoms with Gasteiger partial charge >= 0.3 is 0 Å². The van der Waals surface area contributed by atoms with Gasteiger partial charge in [0.05, 0.1) is 17.9 Å². The molecule has 0 amide bonds. The van der Waals surface area contributed by atoms with E-state index in [0.717, 1.165) is 24.8 Å². The van der Waals surface area contributed by atoms with Crippen LogP contribution >= 0.6 is 0 Å². The Morgan fingerprint density at radius 1 is 1.42 bits per heavy atom. The van der Waals surface area contributed by atoms with Gasteiger partial charge in [0.1, 0.15) is 5.82 Å². The van der Waals surface area contributed by atoms with Crippen molar-refractivity contribution in [3.8, 4) is 0 Å². The summed E-state index contributed by atoms with van der Waals surface area (Å²) in [4.78, 5) is 0. The van der Waals surface area contributed by atoms with Gasteiger partial charge in [0.25, 0.3) is 0 Å². The molecule has 1 aliphatic rings. The lowest BCUT2D eigenvalue weighted by Crippen LogP contribution is -2.18. The third-order valence-corrected chi connectivity index (χ3v) is 3.83. The predicted octanol–water partition coefficient (Wildman–Crippen LogP) is 3.36. The number of aryl methyl sites for hydroxylation is 2. The molecule has 3 nitrogen and oxygen atoms in total. The Balaban J connectivity index is 1.88. The molecule has 0 bridgehead atoms. The average molecular weight is 259 g/mol. The number of benzene rings is 1. The zero-order chi connectivity index (χ0) is 13.4. The van der Waals surface area contributed by atoms with E-state index in [0.29, 0.717) is 5.69 Å². The van der Waals surface area contributed by atoms with Gasteiger partial charge in [-0.1, -0.05) is 6.07 Å². The predicted molar refractivity (Wildman–Crippen MR) is 73.6 cm³/mol. The van der Waals surface area contributed by atoms with Crippen LogP contribution in [0.3, 0.4) is 0 Å². The highest BCUT2D eigenvalue weighted by atomic mass is 19.1. The van der Waals surface area contributed by atoms with Crippen LogP contribution in [-0.2, 0) is 13.5 Å². The summed E-state index contributed by atoms with van der Waals surface area (Å²) >= 11 is 0. The second kappa shape index (κ2) is 4.68. The number of rotatable bonds is 2. The lowest BCUT2D eigenvalue weighted by Gasteiger charge is -2.25. The van der Waals surface area contributed by atoms with Crippen molar-refractivity contribution < 1.29 is 4.39 Å². The van der Waals surface area contributed by atoms with E-state index in [4.69, 9.17) is 0 Å². The minimum Gasteiger partial charge on any atom is -0.376 e. The van der Waals surface area contributed by atoms with Crippen molar-refractivity contribution in [3.63, 3.8) is 0 Å². The average Bonchev–Trinajstić information content (AvgIpc) is 2.76. The van der Waals surface area contributed by atoms with Crippen LogP contribution in [0.5, 0.6) is 0 Å². The first-order valence-corrected chi connectivity index (χ1v) is 6.68. The van der Waals surface area contributed by atoms with Crippen LogP contribution in [-0.4, -0.2) is 9.78 Å². The van der Waals surface area contributed by atoms with Crippen LogP contribution in [0.25, 0.3) is 0 Å². The summed E-state index contributed by atoms with van der Waals surface area (Å²) in [6.07, 6.45) is 5.09. The van der Waals surface area contributed by atoms with Crippen LogP contribution in [0.2, 0.25) is 0 Å². The third kappa shape index (κ3) is 2.23. The second-order valence-electron chi connectivity index (χ2n) is 5.24. The summed E-state index contributed by atoms with van der Waals surface area (Å²) in [7, 11) is 1.97. The molecule has 0 aliphatic heterocycles. The van der Waals surface area contributed by atoms with Gasteiger partial charge in [-0.05, 0) is 43.9 Å². The fourth-order valence-corrected chi connectivity index (χ4v) is 2.78. The van der Waals surface area contributed by atoms with Gasteiger partial charge in [-0.2, -0.15) is 5.10 Å². The highest BCUT2D eigenvalue weighted by Crippen LogP contribution is 2.32. The molecule has 1 atom stereocenters. The smallest absolute Gasteiger partial charge is 0.146 e. The summed E-state index contributed by atoms with van der Waals surface area (Å²) in [6.45, 7) is 1.90. The molecule has 1 aliphatic carbocycles. The molecule has 2 aromatic rings. The number of nitrogens with zero attached hydrogens (tertiary/aromatic N) is 2. The van der Waals surface area contributed by atoms with Gasteiger partial charge in [-0.3, -0.25) is 4.68 Å². The molecule has 1 aromatic heterocycles. The minimum absolute atomic E-state index is 0.162. The van der Waals surface area contributed by atoms with E-state index in [1.54, 1.807) is 6.07 Å². The number of fused-ring (bicyclic) bond motifs is 1. The van der Waals surface area contributed by atoms with Crippen molar-refractivity contribution in [1.82, 2.24) is 9.78 Å². The van der Waals surface area contributed by atoms with Gasteiger partial charge in [0.15, 0.2) is 0 Å². The molecule has 0 fully saturated rings. The van der Waals surface area contributed by atoms with Gasteiger partial charge in [-0.15, -0.1) is 0 Å². The Kier molecular flexibility index (Phi) is 3.01. The van der Waals surface area contributed by atoms with Crippen molar-refractivity contribution in [3.05, 3.63) is 47.0 Å². The maximum Gasteiger partial charge on any atom is 0.146 e. The van der Waals surface area contributed by atoms with E-state index in [1.807, 2.05) is 37.0 Å². The molecule has 1 aromatic carbocycles. The van der Waals surface area contributed by atoms with Crippen LogP contribution in [0.15, 0.2) is 24.4 Å². The van der Waals surface area contributed by atoms with E-state index < -0.39 is 0 Å². The number of anilines is 1. The quantitative estimate of drug-likeness (QED) is 0.896. The van der Waals surface area contributed by atoms with Gasteiger partial charge in [0, 0.05) is 18.3 Å². The maximum absolute atomic E-state index is 13.9. The molecular weight excluding hydrogens is 241 g/mol. The number of hydrogen-bond acceptors (Lipinski definition) is 2. The van der Waals surface area contributed by atoms with Gasteiger partial charge < -0.3 is 5.32 Å². The maximum atomic E-state index is 13.9. The molecule has 0 radical (unpaired) electrons. The van der Waals surface area contributed by atoms with E-state index in [9.17, 15) is 4.39 Å². The Morgan fingerprint density at radius 3 is 3.05 bits per heavy atom. The molecule has 4 heteroatoms. The zero-order valence-electron chi connectivity index (χ0n) is 11.3. The molecule has 0 saturated carbocycles. The van der Waals surface area contributed by atoms with E-state index in [1.165, 1.54) is 11.3 Å². The normalized spacial score (nSPS) is 18.2. The van der Waals surface area contributed by atoms with Crippen molar-refractivity contribution in [1.29, 1.82) is 0 Å². The largest absolute Gasteiger partial charge is 0.376 e. The summed E-state index contributed by atoms with van der Waals surface area (Å²) in [5, 5.41) is 7.63. The topological polar surface area (TPSA) is 29.9 Å². The number of hydrogen-bond donors (Lipinski definition) is 1. The number of halogens is 1. The number of aromatic nitrogens is 2. The molecule has 1 heterocycles. The lowest BCUT2D eigenvalue weighted by atomic mass is 9.92. The molecule has 1 unspecified atom stereocenters. The van der Waals surface area contributed by atoms with Crippen LogP contribution in [0.1, 0.15) is 35.7 Å². The molecule has 0 spiro atoms. The summed E-state index contributed by atoms with van der Waals surface area (Å²) in [5.74, 6) is -0.184. The molecule has 3 rings (SSSR count). The Bertz CT molecular complexity index is 603. The molecule has 19 heavy (non-hydrogen) atoms. The standard InChI is InChI=1S/C15H18FN3/c1-10-6-7-14(12(16)8-10)18-13-4-3-5-15-11(13)9-17-19(15)2/h6-9,13,18H,3-5H2,1-2H3. The fourth-order valence-electron chi connectivity index (χ4n) is 2.78. The Hall–Kier alpha value is -1.84. The van der Waals surface area contributed by atoms with E-state index in [-0.39, 0.29) is 11.9 Å². The van der Waals surface area contributed by atoms with Crippen molar-refractivity contribution >= 4 is 5.69 Å². The summed E-state index contributed by atoms with van der Waals surface area (Å²) < 4.78 is 15.8. The Morgan fingerprint density at radius 2 is 2.26 bits per heavy atom. The summed E-state index contributed by atoms with van der Waals surface area (Å²) in [6, 6.07) is 5.47. The van der Waals surface area contributed by atoms with Crippen molar-refractivity contribution in [2.45, 2.75) is 32.2 Å². The first-order chi connectivity index (χ1) is 9.15. The van der Waals surface area contributed by atoms with Gasteiger partial charge in [-0.25, -0.2) is 4.39 Å². The summed E-state index contributed by atoms with van der Waals surface area (Å²) in [5.41, 5.74) is 3.98. The highest BCUT2D eigenvalue weighted by molar-refractivity contribution is 5.48. The van der Waals surface area contributed by atoms with Crippen molar-refractivity contribution in [2.24, 2.45) is 7.05 Å². The monoisotopic (exact) mass is 259 g/mol. The molecular formula is C15H18FN3. The van der Waals surface area contributed by atoms with Crippen molar-refractivity contribution in [2.75, 3.05) is 5.32 Å². The van der Waals surface area contributed by atoms with E-state index in [2.05, 4.69) is 10.4 Å². The minimum atomic E-state index is -0.184. The van der Waals surface area contributed by atoms with Crippen LogP contribution in [0.4, 0.5) is 10.1 Å². The number of nitrogens with one attached hydrogen (secondary N) is 1. The highest BCUT2D eigenvalue weighted by Gasteiger charge is 2.23. The van der Waals surface area contributed by atoms with Gasteiger partial charge in [0.2, 0.25) is 0 Å². The van der Waals surface area contributed by atoms with Crippen LogP contribution in [0, 0.1) is 12.7 Å². The molecule has 0 saturated heterocycles. The third-order valence-electron chi connectivity index (χ3n) is 3.83. The molecule has 1 N–H and O–H groups in total. The lowest BCUT2D eigenvalue weighted by molar-refractivity contribution is 0.564. The fraction of sp³-hybridized carbons (Fsp3) is 0.400. The Labute approximate surface area is 112 Å². The van der Waals surface area contributed by atoms with E-state index >= 15 is 0 Å².